The molecule has 2 unspecified atom stereocenters. The molecule has 0 bridgehead atoms. The molecule has 19 heavy (non-hydrogen) atoms. The predicted octanol–water partition coefficient (Wildman–Crippen LogP) is 7.18. The molecular weight excluding hydrogens is 228 g/mol. The summed E-state index contributed by atoms with van der Waals surface area (Å²) in [7, 11) is 0. The summed E-state index contributed by atoms with van der Waals surface area (Å²) in [5, 5.41) is 0. The molecule has 1 radical (unpaired) electrons. The Kier molecular flexibility index (Phi) is 14.4. The van der Waals surface area contributed by atoms with Crippen molar-refractivity contribution in [2.45, 2.75) is 105 Å². The van der Waals surface area contributed by atoms with Gasteiger partial charge in [-0.25, -0.2) is 0 Å². The average Bonchev–Trinajstić information content (AvgIpc) is 2.43. The molecule has 0 nitrogen and oxygen atoms in total. The molecule has 0 spiro atoms. The Hall–Kier alpha value is 0. The lowest BCUT2D eigenvalue weighted by Crippen LogP contribution is -2.10. The van der Waals surface area contributed by atoms with Crippen molar-refractivity contribution in [1.82, 2.24) is 0 Å². The maximum atomic E-state index is 2.72. The van der Waals surface area contributed by atoms with E-state index in [9.17, 15) is 0 Å². The molecule has 0 saturated heterocycles. The largest absolute Gasteiger partial charge is 0.0654 e. The fraction of sp³-hybridized carbons (Fsp3) is 0.947. The van der Waals surface area contributed by atoms with E-state index in [0.717, 1.165) is 11.8 Å². The van der Waals surface area contributed by atoms with Gasteiger partial charge >= 0.3 is 0 Å². The van der Waals surface area contributed by atoms with Crippen LogP contribution in [0.2, 0.25) is 0 Å². The first-order chi connectivity index (χ1) is 9.28. The second kappa shape index (κ2) is 14.4. The molecule has 0 amide bonds. The molecule has 0 aromatic heterocycles. The first-order valence-corrected chi connectivity index (χ1v) is 9.13. The quantitative estimate of drug-likeness (QED) is 0.292. The van der Waals surface area contributed by atoms with Gasteiger partial charge in [-0.2, -0.15) is 0 Å². The summed E-state index contributed by atoms with van der Waals surface area (Å²) < 4.78 is 0. The molecule has 2 atom stereocenters. The van der Waals surface area contributed by atoms with Crippen molar-refractivity contribution >= 4 is 0 Å². The van der Waals surface area contributed by atoms with Crippen molar-refractivity contribution in [1.29, 1.82) is 0 Å². The second-order valence-electron chi connectivity index (χ2n) is 6.25. The minimum absolute atomic E-state index is 0.884. The van der Waals surface area contributed by atoms with Crippen molar-refractivity contribution in [3.63, 3.8) is 0 Å². The Morgan fingerprint density at radius 2 is 1.21 bits per heavy atom. The zero-order valence-corrected chi connectivity index (χ0v) is 14.2. The smallest absolute Gasteiger partial charge is 0.0324 e. The summed E-state index contributed by atoms with van der Waals surface area (Å²) in [6, 6.07) is 0. The first kappa shape index (κ1) is 19.0. The lowest BCUT2D eigenvalue weighted by molar-refractivity contribution is 0.392. The van der Waals surface area contributed by atoms with E-state index in [-0.39, 0.29) is 0 Å². The molecule has 0 heterocycles. The highest BCUT2D eigenvalue weighted by atomic mass is 14.2. The van der Waals surface area contributed by atoms with Crippen LogP contribution in [-0.4, -0.2) is 0 Å². The average molecular weight is 268 g/mol. The SMILES string of the molecule is CCCCCCCC([CH]C(CCC)CCCC)CC. The van der Waals surface area contributed by atoms with Crippen molar-refractivity contribution in [3.8, 4) is 0 Å². The van der Waals surface area contributed by atoms with Gasteiger partial charge in [0.05, 0.1) is 0 Å². The van der Waals surface area contributed by atoms with Gasteiger partial charge in [0.15, 0.2) is 0 Å². The first-order valence-electron chi connectivity index (χ1n) is 9.13. The predicted molar refractivity (Wildman–Crippen MR) is 89.4 cm³/mol. The Morgan fingerprint density at radius 3 is 1.79 bits per heavy atom. The highest BCUT2D eigenvalue weighted by Crippen LogP contribution is 2.27. The molecule has 0 aromatic carbocycles. The maximum Gasteiger partial charge on any atom is -0.0324 e. The van der Waals surface area contributed by atoms with Gasteiger partial charge in [0.2, 0.25) is 0 Å². The van der Waals surface area contributed by atoms with Crippen molar-refractivity contribution < 1.29 is 0 Å². The fourth-order valence-corrected chi connectivity index (χ4v) is 3.01. The van der Waals surface area contributed by atoms with Crippen molar-refractivity contribution in [3.05, 3.63) is 6.42 Å². The van der Waals surface area contributed by atoms with Crippen LogP contribution in [0.1, 0.15) is 105 Å². The van der Waals surface area contributed by atoms with Gasteiger partial charge in [-0.3, -0.25) is 0 Å². The summed E-state index contributed by atoms with van der Waals surface area (Å²) >= 11 is 0. The molecule has 0 aliphatic carbocycles. The van der Waals surface area contributed by atoms with E-state index in [0.29, 0.717) is 0 Å². The zero-order chi connectivity index (χ0) is 14.3. The Balaban J connectivity index is 3.83. The third-order valence-corrected chi connectivity index (χ3v) is 4.34. The van der Waals surface area contributed by atoms with Crippen LogP contribution in [0.5, 0.6) is 0 Å². The number of hydrogen-bond acceptors (Lipinski definition) is 0. The number of hydrogen-bond donors (Lipinski definition) is 0. The van der Waals surface area contributed by atoms with Gasteiger partial charge in [-0.15, -0.1) is 0 Å². The summed E-state index contributed by atoms with van der Waals surface area (Å²) in [6.07, 6.45) is 19.6. The van der Waals surface area contributed by atoms with Gasteiger partial charge in [-0.1, -0.05) is 105 Å². The van der Waals surface area contributed by atoms with Crippen molar-refractivity contribution in [2.24, 2.45) is 11.8 Å². The highest BCUT2D eigenvalue weighted by molar-refractivity contribution is 4.83. The lowest BCUT2D eigenvalue weighted by Gasteiger charge is -2.22. The van der Waals surface area contributed by atoms with Crippen LogP contribution in [-0.2, 0) is 0 Å². The molecule has 0 N–H and O–H groups in total. The summed E-state index contributed by atoms with van der Waals surface area (Å²) in [4.78, 5) is 0. The number of unbranched alkanes of at least 4 members (excludes halogenated alkanes) is 5. The minimum atomic E-state index is 0.884. The van der Waals surface area contributed by atoms with Gasteiger partial charge in [0, 0.05) is 0 Å². The molecule has 0 saturated carbocycles. The van der Waals surface area contributed by atoms with Gasteiger partial charge in [0.25, 0.3) is 0 Å². The molecule has 0 rings (SSSR count). The van der Waals surface area contributed by atoms with Crippen LogP contribution < -0.4 is 0 Å². The number of rotatable bonds is 14. The Bertz CT molecular complexity index is 161. The van der Waals surface area contributed by atoms with Crippen LogP contribution in [0.4, 0.5) is 0 Å². The van der Waals surface area contributed by atoms with Crippen LogP contribution in [0.25, 0.3) is 0 Å². The third-order valence-electron chi connectivity index (χ3n) is 4.34. The van der Waals surface area contributed by atoms with E-state index in [1.54, 1.807) is 0 Å². The fourth-order valence-electron chi connectivity index (χ4n) is 3.01. The van der Waals surface area contributed by atoms with Crippen LogP contribution >= 0.6 is 0 Å². The van der Waals surface area contributed by atoms with E-state index in [2.05, 4.69) is 34.1 Å². The summed E-state index contributed by atoms with van der Waals surface area (Å²) in [5.74, 6) is 1.78. The van der Waals surface area contributed by atoms with E-state index < -0.39 is 0 Å². The minimum Gasteiger partial charge on any atom is -0.0654 e. The molecule has 0 aromatic rings. The molecule has 0 fully saturated rings. The molecule has 0 aliphatic heterocycles. The molecule has 115 valence electrons. The third kappa shape index (κ3) is 11.5. The van der Waals surface area contributed by atoms with E-state index in [1.165, 1.54) is 77.0 Å². The van der Waals surface area contributed by atoms with Gasteiger partial charge in [-0.05, 0) is 18.3 Å². The van der Waals surface area contributed by atoms with Gasteiger partial charge < -0.3 is 0 Å². The summed E-state index contributed by atoms with van der Waals surface area (Å²) in [5.41, 5.74) is 0. The molecule has 0 aliphatic rings. The second-order valence-corrected chi connectivity index (χ2v) is 6.25. The highest BCUT2D eigenvalue weighted by Gasteiger charge is 2.14. The zero-order valence-electron chi connectivity index (χ0n) is 14.2. The van der Waals surface area contributed by atoms with Crippen molar-refractivity contribution in [2.75, 3.05) is 0 Å². The van der Waals surface area contributed by atoms with Crippen LogP contribution in [0, 0.1) is 18.3 Å². The van der Waals surface area contributed by atoms with Crippen LogP contribution in [0.3, 0.4) is 0 Å². The standard InChI is InChI=1S/C19H39/c1-5-9-11-12-13-16-18(8-4)17-19(14-7-3)15-10-6-2/h17-19H,5-16H2,1-4H3. The Labute approximate surface area is 123 Å². The van der Waals surface area contributed by atoms with E-state index in [4.69, 9.17) is 0 Å². The molecular formula is C19H39. The van der Waals surface area contributed by atoms with Gasteiger partial charge in [0.1, 0.15) is 0 Å². The normalized spacial score (nSPS) is 14.5. The van der Waals surface area contributed by atoms with Crippen LogP contribution in [0.15, 0.2) is 0 Å². The van der Waals surface area contributed by atoms with E-state index in [1.807, 2.05) is 0 Å². The van der Waals surface area contributed by atoms with E-state index >= 15 is 0 Å². The maximum absolute atomic E-state index is 2.72. The lowest BCUT2D eigenvalue weighted by atomic mass is 9.84. The monoisotopic (exact) mass is 267 g/mol. The Morgan fingerprint density at radius 1 is 0.579 bits per heavy atom. The topological polar surface area (TPSA) is 0 Å². The molecule has 0 heteroatoms. The summed E-state index contributed by atoms with van der Waals surface area (Å²) in [6.45, 7) is 9.31.